The molecule has 3 rings (SSSR count). The van der Waals surface area contributed by atoms with Crippen molar-refractivity contribution in [3.05, 3.63) is 40.7 Å². The number of rotatable bonds is 6. The summed E-state index contributed by atoms with van der Waals surface area (Å²) in [5.41, 5.74) is 0.304. The predicted octanol–water partition coefficient (Wildman–Crippen LogP) is 2.37. The predicted molar refractivity (Wildman–Crippen MR) is 105 cm³/mol. The fourth-order valence-electron chi connectivity index (χ4n) is 3.02. The van der Waals surface area contributed by atoms with Crippen molar-refractivity contribution in [2.24, 2.45) is 0 Å². The first-order valence-corrected chi connectivity index (χ1v) is 10.3. The lowest BCUT2D eigenvalue weighted by Gasteiger charge is -2.27. The summed E-state index contributed by atoms with van der Waals surface area (Å²) in [6.45, 7) is 1.43. The van der Waals surface area contributed by atoms with Crippen LogP contribution in [0.1, 0.15) is 19.3 Å². The number of sulfonamides is 1. The first-order valence-electron chi connectivity index (χ1n) is 8.84. The van der Waals surface area contributed by atoms with Crippen LogP contribution in [0.15, 0.2) is 35.5 Å². The van der Waals surface area contributed by atoms with Crippen LogP contribution >= 0.6 is 0 Å². The van der Waals surface area contributed by atoms with Gasteiger partial charge in [-0.1, -0.05) is 0 Å². The molecule has 1 aromatic heterocycles. The Morgan fingerprint density at radius 2 is 1.75 bits per heavy atom. The second-order valence-electron chi connectivity index (χ2n) is 6.64. The topological polar surface area (TPSA) is 122 Å². The molecule has 2 heterocycles. The third-order valence-corrected chi connectivity index (χ3v) is 6.37. The van der Waals surface area contributed by atoms with E-state index >= 15 is 0 Å². The second kappa shape index (κ2) is 8.07. The second-order valence-corrected chi connectivity index (χ2v) is 8.79. The van der Waals surface area contributed by atoms with E-state index in [1.54, 1.807) is 12.1 Å². The molecule has 0 radical (unpaired) electrons. The van der Waals surface area contributed by atoms with E-state index in [1.807, 2.05) is 4.90 Å². The third kappa shape index (κ3) is 4.04. The molecule has 1 fully saturated rings. The zero-order chi connectivity index (χ0) is 20.3. The van der Waals surface area contributed by atoms with Crippen LogP contribution in [0, 0.1) is 10.1 Å². The summed E-state index contributed by atoms with van der Waals surface area (Å²) in [5, 5.41) is 14.6. The Kier molecular flexibility index (Phi) is 5.75. The molecule has 1 saturated heterocycles. The average molecular weight is 406 g/mol. The summed E-state index contributed by atoms with van der Waals surface area (Å²) in [4.78, 5) is 21.4. The number of piperidine rings is 1. The van der Waals surface area contributed by atoms with E-state index in [1.165, 1.54) is 32.6 Å². The minimum atomic E-state index is -3.54. The number of hydrogen-bond acceptors (Lipinski definition) is 8. The van der Waals surface area contributed by atoms with E-state index in [-0.39, 0.29) is 16.4 Å². The van der Waals surface area contributed by atoms with Gasteiger partial charge in [-0.15, -0.1) is 0 Å². The molecule has 1 N–H and O–H groups in total. The summed E-state index contributed by atoms with van der Waals surface area (Å²) in [6, 6.07) is 5.97. The fraction of sp³-hybridized carbons (Fsp3) is 0.412. The first kappa shape index (κ1) is 20.0. The van der Waals surface area contributed by atoms with Gasteiger partial charge in [0.15, 0.2) is 0 Å². The molecule has 1 aromatic carbocycles. The van der Waals surface area contributed by atoms with Gasteiger partial charge in [0.25, 0.3) is 0 Å². The summed E-state index contributed by atoms with van der Waals surface area (Å²) >= 11 is 0. The zero-order valence-electron chi connectivity index (χ0n) is 15.7. The van der Waals surface area contributed by atoms with Gasteiger partial charge >= 0.3 is 5.69 Å². The highest BCUT2D eigenvalue weighted by Gasteiger charge is 2.28. The molecule has 2 aromatic rings. The van der Waals surface area contributed by atoms with Crippen LogP contribution in [0.2, 0.25) is 0 Å². The average Bonchev–Trinajstić information content (AvgIpc) is 2.68. The van der Waals surface area contributed by atoms with E-state index < -0.39 is 14.9 Å². The molecule has 10 nitrogen and oxygen atoms in total. The number of anilines is 3. The van der Waals surface area contributed by atoms with Crippen LogP contribution in [0.4, 0.5) is 23.0 Å². The number of nitrogens with zero attached hydrogens (tertiary/aromatic N) is 5. The molecule has 150 valence electrons. The molecular formula is C17H22N6O4S. The molecule has 0 amide bonds. The standard InChI is InChI=1S/C17H22N6O4S/c1-21(2)28(26,27)14-8-6-13(7-9-14)20-16-15(23(24)25)17(19-12-18-16)22-10-4-3-5-11-22/h6-9,12H,3-5,10-11H2,1-2H3,(H,18,19,20). The van der Waals surface area contributed by atoms with Crippen molar-refractivity contribution < 1.29 is 13.3 Å². The number of hydrogen-bond donors (Lipinski definition) is 1. The lowest BCUT2D eigenvalue weighted by atomic mass is 10.1. The minimum absolute atomic E-state index is 0.0730. The van der Waals surface area contributed by atoms with Gasteiger partial charge in [-0.2, -0.15) is 0 Å². The van der Waals surface area contributed by atoms with Crippen molar-refractivity contribution in [2.75, 3.05) is 37.4 Å². The number of nitrogens with one attached hydrogen (secondary N) is 1. The molecule has 28 heavy (non-hydrogen) atoms. The van der Waals surface area contributed by atoms with Crippen molar-refractivity contribution in [3.63, 3.8) is 0 Å². The van der Waals surface area contributed by atoms with Crippen molar-refractivity contribution >= 4 is 33.0 Å². The molecule has 11 heteroatoms. The Labute approximate surface area is 163 Å². The molecule has 1 aliphatic heterocycles. The van der Waals surface area contributed by atoms with Crippen LogP contribution in [0.25, 0.3) is 0 Å². The number of nitro groups is 1. The van der Waals surface area contributed by atoms with Crippen molar-refractivity contribution in [1.82, 2.24) is 14.3 Å². The SMILES string of the molecule is CN(C)S(=O)(=O)c1ccc(Nc2ncnc(N3CCCCC3)c2[N+](=O)[O-])cc1. The Bertz CT molecular complexity index is 956. The van der Waals surface area contributed by atoms with E-state index in [0.717, 1.165) is 23.6 Å². The highest BCUT2D eigenvalue weighted by Crippen LogP contribution is 2.34. The number of aromatic nitrogens is 2. The normalized spacial score (nSPS) is 14.9. The van der Waals surface area contributed by atoms with Gasteiger partial charge in [-0.05, 0) is 43.5 Å². The molecule has 0 saturated carbocycles. The maximum absolute atomic E-state index is 12.2. The first-order chi connectivity index (χ1) is 13.3. The Morgan fingerprint density at radius 1 is 1.11 bits per heavy atom. The smallest absolute Gasteiger partial charge is 0.351 e. The highest BCUT2D eigenvalue weighted by molar-refractivity contribution is 7.89. The highest BCUT2D eigenvalue weighted by atomic mass is 32.2. The summed E-state index contributed by atoms with van der Waals surface area (Å²) in [5.74, 6) is 0.373. The minimum Gasteiger partial charge on any atom is -0.351 e. The van der Waals surface area contributed by atoms with E-state index in [9.17, 15) is 18.5 Å². The van der Waals surface area contributed by atoms with Gasteiger partial charge in [0.05, 0.1) is 9.82 Å². The monoisotopic (exact) mass is 406 g/mol. The Morgan fingerprint density at radius 3 is 2.32 bits per heavy atom. The lowest BCUT2D eigenvalue weighted by molar-refractivity contribution is -0.383. The Balaban J connectivity index is 1.91. The maximum Gasteiger partial charge on any atom is 0.353 e. The molecule has 0 spiro atoms. The molecule has 0 aliphatic carbocycles. The van der Waals surface area contributed by atoms with E-state index in [0.29, 0.717) is 24.6 Å². The molecule has 0 atom stereocenters. The van der Waals surface area contributed by atoms with Gasteiger partial charge in [-0.25, -0.2) is 22.7 Å². The van der Waals surface area contributed by atoms with Gasteiger partial charge in [-0.3, -0.25) is 10.1 Å². The van der Waals surface area contributed by atoms with Crippen molar-refractivity contribution in [2.45, 2.75) is 24.2 Å². The lowest BCUT2D eigenvalue weighted by Crippen LogP contribution is -2.31. The van der Waals surface area contributed by atoms with Gasteiger partial charge in [0.1, 0.15) is 6.33 Å². The number of benzene rings is 1. The van der Waals surface area contributed by atoms with Crippen LogP contribution in [0.5, 0.6) is 0 Å². The van der Waals surface area contributed by atoms with Crippen LogP contribution in [-0.4, -0.2) is 54.8 Å². The maximum atomic E-state index is 12.2. The molecular weight excluding hydrogens is 384 g/mol. The van der Waals surface area contributed by atoms with Gasteiger partial charge in [0.2, 0.25) is 21.7 Å². The largest absolute Gasteiger partial charge is 0.353 e. The van der Waals surface area contributed by atoms with E-state index in [4.69, 9.17) is 0 Å². The van der Waals surface area contributed by atoms with Crippen molar-refractivity contribution in [3.8, 4) is 0 Å². The van der Waals surface area contributed by atoms with Crippen LogP contribution < -0.4 is 10.2 Å². The van der Waals surface area contributed by atoms with Crippen LogP contribution in [-0.2, 0) is 10.0 Å². The molecule has 0 bridgehead atoms. The summed E-state index contributed by atoms with van der Waals surface area (Å²) in [6.07, 6.45) is 4.32. The van der Waals surface area contributed by atoms with Gasteiger partial charge in [0, 0.05) is 32.9 Å². The van der Waals surface area contributed by atoms with E-state index in [2.05, 4.69) is 15.3 Å². The molecule has 0 unspecified atom stereocenters. The summed E-state index contributed by atoms with van der Waals surface area (Å²) in [7, 11) is -0.640. The van der Waals surface area contributed by atoms with Gasteiger partial charge < -0.3 is 10.2 Å². The third-order valence-electron chi connectivity index (χ3n) is 4.54. The van der Waals surface area contributed by atoms with Crippen LogP contribution in [0.3, 0.4) is 0 Å². The quantitative estimate of drug-likeness (QED) is 0.573. The van der Waals surface area contributed by atoms with Crippen molar-refractivity contribution in [1.29, 1.82) is 0 Å². The molecule has 1 aliphatic rings. The zero-order valence-corrected chi connectivity index (χ0v) is 16.5. The Hall–Kier alpha value is -2.79. The fourth-order valence-corrected chi connectivity index (χ4v) is 3.93. The summed E-state index contributed by atoms with van der Waals surface area (Å²) < 4.78 is 25.4.